The zero-order chi connectivity index (χ0) is 19.6. The molecule has 27 heavy (non-hydrogen) atoms. The Kier molecular flexibility index (Phi) is 5.67. The molecule has 3 amide bonds. The molecule has 1 fully saturated rings. The van der Waals surface area contributed by atoms with Gasteiger partial charge in [-0.3, -0.25) is 19.3 Å². The van der Waals surface area contributed by atoms with Crippen LogP contribution in [0.15, 0.2) is 51.8 Å². The predicted octanol–water partition coefficient (Wildman–Crippen LogP) is 4.14. The average molecular weight is 447 g/mol. The first-order valence-corrected chi connectivity index (χ1v) is 9.55. The first-order valence-electron chi connectivity index (χ1n) is 7.94. The summed E-state index contributed by atoms with van der Waals surface area (Å²) in [4.78, 5) is 37.9. The molecule has 1 aliphatic heterocycles. The van der Waals surface area contributed by atoms with E-state index in [1.807, 2.05) is 19.1 Å². The number of rotatable bonds is 4. The van der Waals surface area contributed by atoms with E-state index in [1.54, 1.807) is 30.3 Å². The summed E-state index contributed by atoms with van der Waals surface area (Å²) in [7, 11) is 0. The largest absolute Gasteiger partial charge is 0.507 e. The highest BCUT2D eigenvalue weighted by molar-refractivity contribution is 9.10. The number of phenolic OH excluding ortho intramolecular Hbond substituents is 1. The van der Waals surface area contributed by atoms with E-state index in [0.717, 1.165) is 22.2 Å². The number of amides is 3. The van der Waals surface area contributed by atoms with E-state index in [-0.39, 0.29) is 17.2 Å². The van der Waals surface area contributed by atoms with Gasteiger partial charge in [0.1, 0.15) is 12.3 Å². The van der Waals surface area contributed by atoms with Crippen LogP contribution in [0.4, 0.5) is 10.5 Å². The van der Waals surface area contributed by atoms with Crippen molar-refractivity contribution in [3.63, 3.8) is 0 Å². The maximum Gasteiger partial charge on any atom is 0.294 e. The van der Waals surface area contributed by atoms with Gasteiger partial charge in [0.15, 0.2) is 0 Å². The van der Waals surface area contributed by atoms with Gasteiger partial charge in [0.25, 0.3) is 11.1 Å². The normalized spacial score (nSPS) is 15.5. The zero-order valence-corrected chi connectivity index (χ0v) is 16.6. The Bertz CT molecular complexity index is 957. The fraction of sp³-hybridized carbons (Fsp3) is 0.105. The van der Waals surface area contributed by atoms with Crippen molar-refractivity contribution in [3.05, 3.63) is 63.0 Å². The maximum absolute atomic E-state index is 12.5. The van der Waals surface area contributed by atoms with Gasteiger partial charge in [-0.15, -0.1) is 0 Å². The Balaban J connectivity index is 1.70. The molecule has 2 aromatic carbocycles. The Morgan fingerprint density at radius 3 is 2.59 bits per heavy atom. The molecular weight excluding hydrogens is 432 g/mol. The van der Waals surface area contributed by atoms with Crippen molar-refractivity contribution >= 4 is 56.5 Å². The number of hydrogen-bond acceptors (Lipinski definition) is 5. The number of phenols is 1. The van der Waals surface area contributed by atoms with Crippen LogP contribution in [0.25, 0.3) is 6.08 Å². The van der Waals surface area contributed by atoms with E-state index >= 15 is 0 Å². The lowest BCUT2D eigenvalue weighted by atomic mass is 10.2. The second-order valence-electron chi connectivity index (χ2n) is 5.89. The van der Waals surface area contributed by atoms with Gasteiger partial charge in [0.05, 0.1) is 9.38 Å². The van der Waals surface area contributed by atoms with E-state index in [4.69, 9.17) is 0 Å². The van der Waals surface area contributed by atoms with Gasteiger partial charge >= 0.3 is 0 Å². The summed E-state index contributed by atoms with van der Waals surface area (Å²) in [6, 6.07) is 12.0. The summed E-state index contributed by atoms with van der Waals surface area (Å²) in [6.07, 6.45) is 1.55. The number of halogens is 1. The number of aromatic hydroxyl groups is 1. The molecule has 2 aromatic rings. The smallest absolute Gasteiger partial charge is 0.294 e. The van der Waals surface area contributed by atoms with Crippen molar-refractivity contribution in [3.8, 4) is 5.75 Å². The van der Waals surface area contributed by atoms with Crippen LogP contribution < -0.4 is 5.32 Å². The Morgan fingerprint density at radius 1 is 1.22 bits per heavy atom. The van der Waals surface area contributed by atoms with Gasteiger partial charge in [-0.2, -0.15) is 0 Å². The van der Waals surface area contributed by atoms with E-state index in [0.29, 0.717) is 15.7 Å². The molecule has 0 radical (unpaired) electrons. The lowest BCUT2D eigenvalue weighted by Gasteiger charge is -2.12. The summed E-state index contributed by atoms with van der Waals surface area (Å²) in [5, 5.41) is 11.7. The van der Waals surface area contributed by atoms with Gasteiger partial charge in [-0.05, 0) is 70.5 Å². The molecule has 0 atom stereocenters. The van der Waals surface area contributed by atoms with Crippen LogP contribution in [0.3, 0.4) is 0 Å². The maximum atomic E-state index is 12.5. The topological polar surface area (TPSA) is 86.7 Å². The second kappa shape index (κ2) is 7.98. The quantitative estimate of drug-likeness (QED) is 0.689. The van der Waals surface area contributed by atoms with Gasteiger partial charge in [-0.1, -0.05) is 23.8 Å². The number of benzene rings is 2. The average Bonchev–Trinajstić information content (AvgIpc) is 2.87. The number of carbonyl (C=O) groups excluding carboxylic acids is 3. The van der Waals surface area contributed by atoms with Crippen molar-refractivity contribution in [1.29, 1.82) is 0 Å². The van der Waals surface area contributed by atoms with Crippen LogP contribution in [0.1, 0.15) is 11.1 Å². The number of hydrogen-bond donors (Lipinski definition) is 2. The first-order chi connectivity index (χ1) is 12.8. The number of aryl methyl sites for hydroxylation is 1. The second-order valence-corrected chi connectivity index (χ2v) is 7.74. The molecule has 1 saturated heterocycles. The van der Waals surface area contributed by atoms with E-state index in [2.05, 4.69) is 21.2 Å². The Hall–Kier alpha value is -2.58. The van der Waals surface area contributed by atoms with Crippen LogP contribution in [0.5, 0.6) is 5.75 Å². The summed E-state index contributed by atoms with van der Waals surface area (Å²) in [6.45, 7) is 1.58. The first kappa shape index (κ1) is 19.2. The monoisotopic (exact) mass is 446 g/mol. The molecule has 8 heteroatoms. The predicted molar refractivity (Wildman–Crippen MR) is 108 cm³/mol. The lowest BCUT2D eigenvalue weighted by Crippen LogP contribution is -2.36. The van der Waals surface area contributed by atoms with Crippen molar-refractivity contribution in [2.45, 2.75) is 6.92 Å². The molecule has 138 valence electrons. The molecule has 1 aliphatic rings. The fourth-order valence-corrected chi connectivity index (χ4v) is 3.62. The number of anilines is 1. The Labute approximate surface area is 168 Å². The van der Waals surface area contributed by atoms with Gasteiger partial charge < -0.3 is 10.4 Å². The minimum atomic E-state index is -0.520. The number of nitrogens with zero attached hydrogens (tertiary/aromatic N) is 1. The molecule has 6 nitrogen and oxygen atoms in total. The summed E-state index contributed by atoms with van der Waals surface area (Å²) in [5.74, 6) is -0.893. The molecular formula is C19H15BrN2O4S. The highest BCUT2D eigenvalue weighted by Crippen LogP contribution is 2.33. The SMILES string of the molecule is Cc1ccc(NC(=O)CN2C(=O)S/C(=C\c3ccc(O)c(Br)c3)C2=O)cc1. The molecule has 0 unspecified atom stereocenters. The zero-order valence-electron chi connectivity index (χ0n) is 14.2. The minimum Gasteiger partial charge on any atom is -0.507 e. The molecule has 1 heterocycles. The van der Waals surface area contributed by atoms with Gasteiger partial charge in [0, 0.05) is 5.69 Å². The van der Waals surface area contributed by atoms with Crippen molar-refractivity contribution in [2.75, 3.05) is 11.9 Å². The lowest BCUT2D eigenvalue weighted by molar-refractivity contribution is -0.127. The van der Waals surface area contributed by atoms with Crippen LogP contribution in [-0.4, -0.2) is 33.6 Å². The molecule has 0 aromatic heterocycles. The van der Waals surface area contributed by atoms with Crippen LogP contribution in [0, 0.1) is 6.92 Å². The summed E-state index contributed by atoms with van der Waals surface area (Å²) in [5.41, 5.74) is 2.31. The van der Waals surface area contributed by atoms with Crippen molar-refractivity contribution < 1.29 is 19.5 Å². The Morgan fingerprint density at radius 2 is 1.93 bits per heavy atom. The molecule has 0 aliphatic carbocycles. The highest BCUT2D eigenvalue weighted by atomic mass is 79.9. The molecule has 0 spiro atoms. The number of thioether (sulfide) groups is 1. The third kappa shape index (κ3) is 4.58. The fourth-order valence-electron chi connectivity index (χ4n) is 2.38. The molecule has 3 rings (SSSR count). The molecule has 0 saturated carbocycles. The number of imide groups is 1. The standard InChI is InChI=1S/C19H15BrN2O4S/c1-11-2-5-13(6-3-11)21-17(24)10-22-18(25)16(27-19(22)26)9-12-4-7-15(23)14(20)8-12/h2-9,23H,10H2,1H3,(H,21,24)/b16-9-. The third-order valence-electron chi connectivity index (χ3n) is 3.78. The highest BCUT2D eigenvalue weighted by Gasteiger charge is 2.36. The van der Waals surface area contributed by atoms with E-state index < -0.39 is 17.1 Å². The van der Waals surface area contributed by atoms with Crippen molar-refractivity contribution in [1.82, 2.24) is 4.90 Å². The molecule has 2 N–H and O–H groups in total. The van der Waals surface area contributed by atoms with Crippen LogP contribution >= 0.6 is 27.7 Å². The minimum absolute atomic E-state index is 0.0769. The van der Waals surface area contributed by atoms with Crippen LogP contribution in [0.2, 0.25) is 0 Å². The summed E-state index contributed by atoms with van der Waals surface area (Å²) < 4.78 is 0.480. The van der Waals surface area contributed by atoms with Crippen LogP contribution in [-0.2, 0) is 9.59 Å². The molecule has 0 bridgehead atoms. The third-order valence-corrected chi connectivity index (χ3v) is 5.32. The summed E-state index contributed by atoms with van der Waals surface area (Å²) >= 11 is 3.98. The van der Waals surface area contributed by atoms with Crippen molar-refractivity contribution in [2.24, 2.45) is 0 Å². The number of nitrogens with one attached hydrogen (secondary N) is 1. The van der Waals surface area contributed by atoms with E-state index in [9.17, 15) is 19.5 Å². The van der Waals surface area contributed by atoms with Gasteiger partial charge in [0.2, 0.25) is 5.91 Å². The van der Waals surface area contributed by atoms with E-state index in [1.165, 1.54) is 6.07 Å². The number of carbonyl (C=O) groups is 3. The van der Waals surface area contributed by atoms with Gasteiger partial charge in [-0.25, -0.2) is 0 Å².